The number of rotatable bonds is 6. The van der Waals surface area contributed by atoms with Crippen LogP contribution in [-0.2, 0) is 11.2 Å². The molecule has 0 saturated heterocycles. The van der Waals surface area contributed by atoms with Gasteiger partial charge in [0, 0.05) is 18.8 Å². The third kappa shape index (κ3) is 4.05. The topological polar surface area (TPSA) is 88.5 Å². The second-order valence-corrected chi connectivity index (χ2v) is 4.66. The molecular weight excluding hydrogens is 284 g/mol. The molecule has 1 aromatic heterocycles. The normalized spacial score (nSPS) is 11.5. The minimum absolute atomic E-state index is 0.186. The molecule has 6 heteroatoms. The minimum atomic E-state index is -1.09. The number of aliphatic carboxylic acids is 1. The van der Waals surface area contributed by atoms with Crippen LogP contribution in [0, 0.1) is 0 Å². The van der Waals surface area contributed by atoms with Gasteiger partial charge in [-0.3, -0.25) is 9.78 Å². The fraction of sp³-hybridized carbons (Fsp3) is 0.188. The Morgan fingerprint density at radius 3 is 2.55 bits per heavy atom. The van der Waals surface area contributed by atoms with Crippen LogP contribution in [0.25, 0.3) is 0 Å². The van der Waals surface area contributed by atoms with E-state index in [1.807, 2.05) is 0 Å². The standard InChI is InChI=1S/C16H16N2O4/c1-22-13-6-4-11(5-7-13)9-14(16(20)21)18-15(19)12-3-2-8-17-10-12/h2-8,10,14H,9H2,1H3,(H,18,19)(H,20,21)/t14-/m0/s1. The molecule has 1 amide bonds. The van der Waals surface area contributed by atoms with Gasteiger partial charge in [-0.05, 0) is 29.8 Å². The molecule has 0 aliphatic carbocycles. The van der Waals surface area contributed by atoms with E-state index in [2.05, 4.69) is 10.3 Å². The number of pyridine rings is 1. The first kappa shape index (κ1) is 15.5. The molecule has 114 valence electrons. The summed E-state index contributed by atoms with van der Waals surface area (Å²) in [6, 6.07) is 9.22. The first-order chi connectivity index (χ1) is 10.6. The summed E-state index contributed by atoms with van der Waals surface area (Å²) in [4.78, 5) is 27.2. The number of ether oxygens (including phenoxy) is 1. The number of nitrogens with zero attached hydrogens (tertiary/aromatic N) is 1. The van der Waals surface area contributed by atoms with Crippen LogP contribution in [0.3, 0.4) is 0 Å². The molecule has 2 aromatic rings. The summed E-state index contributed by atoms with van der Waals surface area (Å²) in [6.07, 6.45) is 3.12. The number of benzene rings is 1. The Kier molecular flexibility index (Phi) is 5.08. The zero-order valence-electron chi connectivity index (χ0n) is 12.0. The smallest absolute Gasteiger partial charge is 0.326 e. The third-order valence-electron chi connectivity index (χ3n) is 3.13. The molecule has 0 spiro atoms. The van der Waals surface area contributed by atoms with E-state index in [1.165, 1.54) is 6.20 Å². The molecule has 1 heterocycles. The van der Waals surface area contributed by atoms with Crippen LogP contribution in [-0.4, -0.2) is 35.1 Å². The number of hydrogen-bond acceptors (Lipinski definition) is 4. The van der Waals surface area contributed by atoms with Crippen molar-refractivity contribution >= 4 is 11.9 Å². The summed E-state index contributed by atoms with van der Waals surface area (Å²) in [5, 5.41) is 11.8. The lowest BCUT2D eigenvalue weighted by atomic mass is 10.1. The van der Waals surface area contributed by atoms with Gasteiger partial charge < -0.3 is 15.2 Å². The molecule has 0 saturated carbocycles. The third-order valence-corrected chi connectivity index (χ3v) is 3.13. The number of carbonyl (C=O) groups is 2. The number of aromatic nitrogens is 1. The highest BCUT2D eigenvalue weighted by Gasteiger charge is 2.21. The van der Waals surface area contributed by atoms with Crippen LogP contribution >= 0.6 is 0 Å². The quantitative estimate of drug-likeness (QED) is 0.844. The largest absolute Gasteiger partial charge is 0.497 e. The molecular formula is C16H16N2O4. The van der Waals surface area contributed by atoms with Gasteiger partial charge in [0.15, 0.2) is 0 Å². The minimum Gasteiger partial charge on any atom is -0.497 e. The van der Waals surface area contributed by atoms with Crippen molar-refractivity contribution in [2.75, 3.05) is 7.11 Å². The van der Waals surface area contributed by atoms with Crippen molar-refractivity contribution in [3.8, 4) is 5.75 Å². The molecule has 0 aliphatic heterocycles. The van der Waals surface area contributed by atoms with Crippen LogP contribution in [0.15, 0.2) is 48.8 Å². The Morgan fingerprint density at radius 1 is 1.27 bits per heavy atom. The van der Waals surface area contributed by atoms with Crippen LogP contribution in [0.1, 0.15) is 15.9 Å². The molecule has 1 aromatic carbocycles. The maximum Gasteiger partial charge on any atom is 0.326 e. The Hall–Kier alpha value is -2.89. The molecule has 0 fully saturated rings. The second kappa shape index (κ2) is 7.21. The van der Waals surface area contributed by atoms with Gasteiger partial charge in [-0.2, -0.15) is 0 Å². The number of carbonyl (C=O) groups excluding carboxylic acids is 1. The molecule has 0 aliphatic rings. The fourth-order valence-electron chi connectivity index (χ4n) is 1.94. The highest BCUT2D eigenvalue weighted by atomic mass is 16.5. The molecule has 0 unspecified atom stereocenters. The lowest BCUT2D eigenvalue weighted by molar-refractivity contribution is -0.139. The lowest BCUT2D eigenvalue weighted by Gasteiger charge is -2.14. The number of carboxylic acids is 1. The molecule has 0 radical (unpaired) electrons. The first-order valence-corrected chi connectivity index (χ1v) is 6.67. The van der Waals surface area contributed by atoms with Crippen LogP contribution in [0.2, 0.25) is 0 Å². The number of nitrogens with one attached hydrogen (secondary N) is 1. The van der Waals surface area contributed by atoms with Crippen molar-refractivity contribution in [1.82, 2.24) is 10.3 Å². The van der Waals surface area contributed by atoms with Crippen LogP contribution in [0.5, 0.6) is 5.75 Å². The van der Waals surface area contributed by atoms with E-state index in [0.717, 1.165) is 5.56 Å². The van der Waals surface area contributed by atoms with E-state index in [4.69, 9.17) is 4.74 Å². The van der Waals surface area contributed by atoms with Gasteiger partial charge in [-0.1, -0.05) is 12.1 Å². The summed E-state index contributed by atoms with van der Waals surface area (Å²) in [6.45, 7) is 0. The average molecular weight is 300 g/mol. The SMILES string of the molecule is COc1ccc(C[C@H](NC(=O)c2cccnc2)C(=O)O)cc1. The van der Waals surface area contributed by atoms with E-state index in [-0.39, 0.29) is 6.42 Å². The lowest BCUT2D eigenvalue weighted by Crippen LogP contribution is -2.42. The fourth-order valence-corrected chi connectivity index (χ4v) is 1.94. The van der Waals surface area contributed by atoms with Gasteiger partial charge in [0.1, 0.15) is 11.8 Å². The van der Waals surface area contributed by atoms with Crippen molar-refractivity contribution in [3.63, 3.8) is 0 Å². The van der Waals surface area contributed by atoms with E-state index >= 15 is 0 Å². The molecule has 2 N–H and O–H groups in total. The Bertz CT molecular complexity index is 641. The van der Waals surface area contributed by atoms with Gasteiger partial charge in [0.2, 0.25) is 0 Å². The highest BCUT2D eigenvalue weighted by Crippen LogP contribution is 2.13. The monoisotopic (exact) mass is 300 g/mol. The van der Waals surface area contributed by atoms with Gasteiger partial charge in [0.25, 0.3) is 5.91 Å². The molecule has 22 heavy (non-hydrogen) atoms. The average Bonchev–Trinajstić information content (AvgIpc) is 2.55. The zero-order valence-corrected chi connectivity index (χ0v) is 12.0. The maximum atomic E-state index is 12.0. The summed E-state index contributed by atoms with van der Waals surface area (Å²) in [5.74, 6) is -0.864. The van der Waals surface area contributed by atoms with E-state index in [1.54, 1.807) is 49.7 Å². The van der Waals surface area contributed by atoms with E-state index in [0.29, 0.717) is 11.3 Å². The van der Waals surface area contributed by atoms with Gasteiger partial charge in [-0.15, -0.1) is 0 Å². The summed E-state index contributed by atoms with van der Waals surface area (Å²) >= 11 is 0. The highest BCUT2D eigenvalue weighted by molar-refractivity contribution is 5.96. The second-order valence-electron chi connectivity index (χ2n) is 4.66. The molecule has 6 nitrogen and oxygen atoms in total. The molecule has 1 atom stereocenters. The maximum absolute atomic E-state index is 12.0. The number of methoxy groups -OCH3 is 1. The predicted molar refractivity (Wildman–Crippen MR) is 79.8 cm³/mol. The Balaban J connectivity index is 2.06. The first-order valence-electron chi connectivity index (χ1n) is 6.67. The van der Waals surface area contributed by atoms with Crippen molar-refractivity contribution in [3.05, 3.63) is 59.9 Å². The van der Waals surface area contributed by atoms with Gasteiger partial charge in [0.05, 0.1) is 12.7 Å². The number of hydrogen-bond donors (Lipinski definition) is 2. The summed E-state index contributed by atoms with van der Waals surface area (Å²) < 4.78 is 5.05. The van der Waals surface area contributed by atoms with Crippen LogP contribution < -0.4 is 10.1 Å². The Labute approximate surface area is 127 Å². The van der Waals surface area contributed by atoms with Crippen molar-refractivity contribution < 1.29 is 19.4 Å². The molecule has 2 rings (SSSR count). The van der Waals surface area contributed by atoms with E-state index < -0.39 is 17.9 Å². The Morgan fingerprint density at radius 2 is 2.00 bits per heavy atom. The van der Waals surface area contributed by atoms with E-state index in [9.17, 15) is 14.7 Å². The van der Waals surface area contributed by atoms with Crippen molar-refractivity contribution in [2.24, 2.45) is 0 Å². The van der Waals surface area contributed by atoms with Crippen LogP contribution in [0.4, 0.5) is 0 Å². The number of carboxylic acid groups (broad SMARTS) is 1. The summed E-state index contributed by atoms with van der Waals surface area (Å²) in [5.41, 5.74) is 1.11. The van der Waals surface area contributed by atoms with Gasteiger partial charge >= 0.3 is 5.97 Å². The zero-order chi connectivity index (χ0) is 15.9. The number of amides is 1. The van der Waals surface area contributed by atoms with Crippen molar-refractivity contribution in [2.45, 2.75) is 12.5 Å². The predicted octanol–water partition coefficient (Wildman–Crippen LogP) is 1.52. The van der Waals surface area contributed by atoms with Crippen molar-refractivity contribution in [1.29, 1.82) is 0 Å². The summed E-state index contributed by atoms with van der Waals surface area (Å²) in [7, 11) is 1.56. The molecule has 0 bridgehead atoms. The van der Waals surface area contributed by atoms with Gasteiger partial charge in [-0.25, -0.2) is 4.79 Å².